The first-order valence-corrected chi connectivity index (χ1v) is 6.27. The van der Waals surface area contributed by atoms with Crippen LogP contribution >= 0.6 is 0 Å². The van der Waals surface area contributed by atoms with Crippen molar-refractivity contribution < 1.29 is 4.74 Å². The summed E-state index contributed by atoms with van der Waals surface area (Å²) in [5, 5.41) is 0. The summed E-state index contributed by atoms with van der Waals surface area (Å²) in [4.78, 5) is 2.37. The van der Waals surface area contributed by atoms with E-state index in [1.807, 2.05) is 6.07 Å². The topological polar surface area (TPSA) is 38.5 Å². The molecular formula is C14H24N2O. The molecule has 0 aliphatic rings. The predicted molar refractivity (Wildman–Crippen MR) is 71.9 cm³/mol. The fourth-order valence-electron chi connectivity index (χ4n) is 1.84. The van der Waals surface area contributed by atoms with Crippen molar-refractivity contribution in [3.63, 3.8) is 0 Å². The Morgan fingerprint density at radius 1 is 1.29 bits per heavy atom. The van der Waals surface area contributed by atoms with Crippen LogP contribution in [0.25, 0.3) is 0 Å². The van der Waals surface area contributed by atoms with Gasteiger partial charge in [-0.2, -0.15) is 0 Å². The molecule has 2 N–H and O–H groups in total. The van der Waals surface area contributed by atoms with E-state index >= 15 is 0 Å². The second-order valence-corrected chi connectivity index (χ2v) is 4.35. The van der Waals surface area contributed by atoms with Gasteiger partial charge in [0.25, 0.3) is 0 Å². The molecule has 0 saturated carbocycles. The Labute approximate surface area is 105 Å². The second-order valence-electron chi connectivity index (χ2n) is 4.35. The van der Waals surface area contributed by atoms with Crippen molar-refractivity contribution in [3.05, 3.63) is 35.9 Å². The normalized spacial score (nSPS) is 12.9. The van der Waals surface area contributed by atoms with E-state index in [0.29, 0.717) is 0 Å². The van der Waals surface area contributed by atoms with E-state index in [1.165, 1.54) is 5.56 Å². The lowest BCUT2D eigenvalue weighted by Crippen LogP contribution is -2.37. The van der Waals surface area contributed by atoms with Crippen LogP contribution < -0.4 is 5.73 Å². The third kappa shape index (κ3) is 5.82. The summed E-state index contributed by atoms with van der Waals surface area (Å²) >= 11 is 0. The minimum atomic E-state index is 0.193. The van der Waals surface area contributed by atoms with Gasteiger partial charge in [0.2, 0.25) is 0 Å². The molecule has 0 radical (unpaired) electrons. The van der Waals surface area contributed by atoms with Crippen molar-refractivity contribution in [2.75, 3.05) is 26.8 Å². The number of likely N-dealkylation sites (N-methyl/N-ethyl adjacent to an activating group) is 1. The Bertz CT molecular complexity index is 290. The Hall–Kier alpha value is -0.900. The quantitative estimate of drug-likeness (QED) is 0.749. The summed E-state index contributed by atoms with van der Waals surface area (Å²) in [5.74, 6) is 0. The van der Waals surface area contributed by atoms with E-state index in [1.54, 1.807) is 7.11 Å². The lowest BCUT2D eigenvalue weighted by atomic mass is 10.1. The molecule has 0 fully saturated rings. The highest BCUT2D eigenvalue weighted by atomic mass is 16.5. The lowest BCUT2D eigenvalue weighted by molar-refractivity contribution is 0.174. The van der Waals surface area contributed by atoms with E-state index in [0.717, 1.165) is 32.7 Å². The maximum atomic E-state index is 6.07. The van der Waals surface area contributed by atoms with Crippen molar-refractivity contribution in [2.24, 2.45) is 5.73 Å². The third-order valence-electron chi connectivity index (χ3n) is 2.88. The van der Waals surface area contributed by atoms with Crippen LogP contribution in [0.15, 0.2) is 30.3 Å². The molecule has 3 nitrogen and oxygen atoms in total. The molecule has 0 amide bonds. The molecule has 1 aromatic rings. The fraction of sp³-hybridized carbons (Fsp3) is 0.571. The smallest absolute Gasteiger partial charge is 0.0477 e. The van der Waals surface area contributed by atoms with Crippen LogP contribution in [0.4, 0.5) is 0 Å². The second kappa shape index (κ2) is 8.23. The Kier molecular flexibility index (Phi) is 6.86. The number of rotatable bonds is 8. The van der Waals surface area contributed by atoms with Crippen molar-refractivity contribution in [1.82, 2.24) is 4.90 Å². The van der Waals surface area contributed by atoms with Gasteiger partial charge < -0.3 is 10.5 Å². The zero-order chi connectivity index (χ0) is 12.5. The molecule has 0 aliphatic heterocycles. The predicted octanol–water partition coefficient (Wildman–Crippen LogP) is 1.87. The van der Waals surface area contributed by atoms with Crippen LogP contribution in [0.1, 0.15) is 18.9 Å². The number of benzene rings is 1. The number of ether oxygens (including phenoxy) is 1. The van der Waals surface area contributed by atoms with Gasteiger partial charge in [0, 0.05) is 32.8 Å². The summed E-state index contributed by atoms with van der Waals surface area (Å²) in [6.45, 7) is 5.83. The molecule has 0 aliphatic carbocycles. The molecule has 0 aromatic heterocycles. The standard InChI is InChI=1S/C14H24N2O/c1-3-16(12-14(15)9-10-17-2)11-13-7-5-4-6-8-13/h4-8,14H,3,9-12,15H2,1-2H3. The highest BCUT2D eigenvalue weighted by molar-refractivity contribution is 5.14. The van der Waals surface area contributed by atoms with Gasteiger partial charge in [-0.05, 0) is 18.5 Å². The summed E-state index contributed by atoms with van der Waals surface area (Å²) in [5.41, 5.74) is 7.41. The molecule has 17 heavy (non-hydrogen) atoms. The Balaban J connectivity index is 2.38. The number of methoxy groups -OCH3 is 1. The largest absolute Gasteiger partial charge is 0.385 e. The SMILES string of the molecule is CCN(Cc1ccccc1)CC(N)CCOC. The van der Waals surface area contributed by atoms with E-state index < -0.39 is 0 Å². The molecule has 1 rings (SSSR count). The van der Waals surface area contributed by atoms with E-state index in [-0.39, 0.29) is 6.04 Å². The average Bonchev–Trinajstić information content (AvgIpc) is 2.36. The Morgan fingerprint density at radius 2 is 2.00 bits per heavy atom. The van der Waals surface area contributed by atoms with Crippen LogP contribution in [-0.2, 0) is 11.3 Å². The van der Waals surface area contributed by atoms with Crippen LogP contribution in [0, 0.1) is 0 Å². The van der Waals surface area contributed by atoms with Crippen LogP contribution in [-0.4, -0.2) is 37.7 Å². The fourth-order valence-corrected chi connectivity index (χ4v) is 1.84. The molecule has 1 atom stereocenters. The van der Waals surface area contributed by atoms with Crippen molar-refractivity contribution in [2.45, 2.75) is 25.9 Å². The molecule has 96 valence electrons. The van der Waals surface area contributed by atoms with Gasteiger partial charge in [0.15, 0.2) is 0 Å². The zero-order valence-corrected chi connectivity index (χ0v) is 10.9. The first-order chi connectivity index (χ1) is 8.26. The van der Waals surface area contributed by atoms with E-state index in [2.05, 4.69) is 36.1 Å². The molecule has 1 unspecified atom stereocenters. The number of nitrogens with zero attached hydrogens (tertiary/aromatic N) is 1. The van der Waals surface area contributed by atoms with Gasteiger partial charge in [0.05, 0.1) is 0 Å². The monoisotopic (exact) mass is 236 g/mol. The van der Waals surface area contributed by atoms with Gasteiger partial charge in [0.1, 0.15) is 0 Å². The lowest BCUT2D eigenvalue weighted by Gasteiger charge is -2.24. The summed E-state index contributed by atoms with van der Waals surface area (Å²) < 4.78 is 5.05. The van der Waals surface area contributed by atoms with Gasteiger partial charge in [-0.25, -0.2) is 0 Å². The van der Waals surface area contributed by atoms with Gasteiger partial charge in [-0.15, -0.1) is 0 Å². The third-order valence-corrected chi connectivity index (χ3v) is 2.88. The summed E-state index contributed by atoms with van der Waals surface area (Å²) in [7, 11) is 1.72. The number of hydrogen-bond acceptors (Lipinski definition) is 3. The highest BCUT2D eigenvalue weighted by Gasteiger charge is 2.09. The van der Waals surface area contributed by atoms with Crippen LogP contribution in [0.5, 0.6) is 0 Å². The molecule has 0 bridgehead atoms. The molecule has 1 aromatic carbocycles. The maximum Gasteiger partial charge on any atom is 0.0477 e. The first-order valence-electron chi connectivity index (χ1n) is 6.27. The van der Waals surface area contributed by atoms with E-state index in [4.69, 9.17) is 10.5 Å². The summed E-state index contributed by atoms with van der Waals surface area (Å²) in [6, 6.07) is 10.7. The Morgan fingerprint density at radius 3 is 2.59 bits per heavy atom. The van der Waals surface area contributed by atoms with Gasteiger partial charge in [-0.1, -0.05) is 37.3 Å². The zero-order valence-electron chi connectivity index (χ0n) is 10.9. The summed E-state index contributed by atoms with van der Waals surface area (Å²) in [6.07, 6.45) is 0.918. The minimum Gasteiger partial charge on any atom is -0.385 e. The van der Waals surface area contributed by atoms with Crippen molar-refractivity contribution >= 4 is 0 Å². The molecule has 3 heteroatoms. The average molecular weight is 236 g/mol. The molecule has 0 spiro atoms. The van der Waals surface area contributed by atoms with Crippen LogP contribution in [0.3, 0.4) is 0 Å². The van der Waals surface area contributed by atoms with Gasteiger partial charge >= 0.3 is 0 Å². The number of nitrogens with two attached hydrogens (primary N) is 1. The highest BCUT2D eigenvalue weighted by Crippen LogP contribution is 2.05. The molecule has 0 saturated heterocycles. The van der Waals surface area contributed by atoms with E-state index in [9.17, 15) is 0 Å². The maximum absolute atomic E-state index is 6.07. The van der Waals surface area contributed by atoms with Gasteiger partial charge in [-0.3, -0.25) is 4.90 Å². The first kappa shape index (κ1) is 14.2. The van der Waals surface area contributed by atoms with Crippen molar-refractivity contribution in [3.8, 4) is 0 Å². The molecular weight excluding hydrogens is 212 g/mol. The minimum absolute atomic E-state index is 0.193. The number of hydrogen-bond donors (Lipinski definition) is 1. The van der Waals surface area contributed by atoms with Crippen molar-refractivity contribution in [1.29, 1.82) is 0 Å². The molecule has 0 heterocycles. The van der Waals surface area contributed by atoms with Crippen LogP contribution in [0.2, 0.25) is 0 Å².